The maximum Gasteiger partial charge on any atom is 0.230 e. The van der Waals surface area contributed by atoms with Crippen LogP contribution < -0.4 is 10.1 Å². The summed E-state index contributed by atoms with van der Waals surface area (Å²) in [6, 6.07) is 7.58. The predicted molar refractivity (Wildman–Crippen MR) is 101 cm³/mol. The molecule has 1 aliphatic rings. The third-order valence-corrected chi connectivity index (χ3v) is 6.54. The second kappa shape index (κ2) is 9.45. The fraction of sp³-hybridized carbons (Fsp3) is 0.588. The molecule has 0 aromatic heterocycles. The molecule has 0 aliphatic carbocycles. The average Bonchev–Trinajstić information content (AvgIpc) is 2.60. The largest absolute Gasteiger partial charge is 0.497 e. The van der Waals surface area contributed by atoms with Gasteiger partial charge in [0.1, 0.15) is 5.75 Å². The number of methoxy groups -OCH3 is 1. The number of piperidine rings is 1. The van der Waals surface area contributed by atoms with Crippen molar-refractivity contribution in [3.63, 3.8) is 0 Å². The standard InChI is InChI=1S/C17H26N2O4S2/c1-23-15-7-5-8-16(12-15)24-13-17(20)18-10-9-14-6-3-4-11-19(14)25(2,21)22/h5,7-8,12,14H,3-4,6,9-11,13H2,1-2H3,(H,18,20). The van der Waals surface area contributed by atoms with Crippen molar-refractivity contribution in [2.45, 2.75) is 36.6 Å². The Balaban J connectivity index is 1.74. The van der Waals surface area contributed by atoms with Crippen LogP contribution in [0.2, 0.25) is 0 Å². The van der Waals surface area contributed by atoms with Crippen LogP contribution >= 0.6 is 11.8 Å². The Morgan fingerprint density at radius 3 is 2.92 bits per heavy atom. The Morgan fingerprint density at radius 1 is 1.40 bits per heavy atom. The van der Waals surface area contributed by atoms with Gasteiger partial charge in [-0.1, -0.05) is 12.5 Å². The van der Waals surface area contributed by atoms with Crippen LogP contribution in [0.15, 0.2) is 29.2 Å². The summed E-state index contributed by atoms with van der Waals surface area (Å²) in [6.07, 6.45) is 4.72. The van der Waals surface area contributed by atoms with Crippen LogP contribution in [-0.4, -0.2) is 56.9 Å². The molecule has 1 unspecified atom stereocenters. The van der Waals surface area contributed by atoms with Crippen molar-refractivity contribution in [3.05, 3.63) is 24.3 Å². The molecule has 1 heterocycles. The molecule has 25 heavy (non-hydrogen) atoms. The van der Waals surface area contributed by atoms with Crippen molar-refractivity contribution in [3.8, 4) is 5.75 Å². The van der Waals surface area contributed by atoms with E-state index in [1.807, 2.05) is 24.3 Å². The van der Waals surface area contributed by atoms with Crippen LogP contribution in [0.1, 0.15) is 25.7 Å². The molecule has 140 valence electrons. The van der Waals surface area contributed by atoms with Gasteiger partial charge >= 0.3 is 0 Å². The molecule has 8 heteroatoms. The lowest BCUT2D eigenvalue weighted by atomic mass is 10.0. The van der Waals surface area contributed by atoms with E-state index < -0.39 is 10.0 Å². The van der Waals surface area contributed by atoms with Crippen LogP contribution in [-0.2, 0) is 14.8 Å². The van der Waals surface area contributed by atoms with Crippen molar-refractivity contribution in [1.82, 2.24) is 9.62 Å². The Labute approximate surface area is 154 Å². The summed E-state index contributed by atoms with van der Waals surface area (Å²) in [6.45, 7) is 1.08. The molecule has 1 saturated heterocycles. The quantitative estimate of drug-likeness (QED) is 0.693. The second-order valence-electron chi connectivity index (χ2n) is 6.13. The zero-order valence-corrected chi connectivity index (χ0v) is 16.4. The molecular formula is C17H26N2O4S2. The van der Waals surface area contributed by atoms with Crippen molar-refractivity contribution < 1.29 is 17.9 Å². The highest BCUT2D eigenvalue weighted by atomic mass is 32.2. The van der Waals surface area contributed by atoms with Gasteiger partial charge < -0.3 is 10.1 Å². The van der Waals surface area contributed by atoms with E-state index in [-0.39, 0.29) is 11.9 Å². The number of carbonyl (C=O) groups excluding carboxylic acids is 1. The number of hydrogen-bond donors (Lipinski definition) is 1. The topological polar surface area (TPSA) is 75.7 Å². The van der Waals surface area contributed by atoms with E-state index in [0.717, 1.165) is 29.9 Å². The number of amides is 1. The molecule has 0 radical (unpaired) electrons. The molecule has 1 N–H and O–H groups in total. The molecule has 1 atom stereocenters. The first-order valence-corrected chi connectivity index (χ1v) is 11.2. The molecule has 6 nitrogen and oxygen atoms in total. The van der Waals surface area contributed by atoms with Gasteiger partial charge in [0.05, 0.1) is 19.1 Å². The Hall–Kier alpha value is -1.25. The third kappa shape index (κ3) is 6.52. The summed E-state index contributed by atoms with van der Waals surface area (Å²) in [5.74, 6) is 1.05. The highest BCUT2D eigenvalue weighted by molar-refractivity contribution is 8.00. The average molecular weight is 387 g/mol. The van der Waals surface area contributed by atoms with Gasteiger partial charge in [0.15, 0.2) is 0 Å². The lowest BCUT2D eigenvalue weighted by Gasteiger charge is -2.33. The number of benzene rings is 1. The van der Waals surface area contributed by atoms with Gasteiger partial charge in [-0.15, -0.1) is 11.8 Å². The number of carbonyl (C=O) groups is 1. The number of nitrogens with zero attached hydrogens (tertiary/aromatic N) is 1. The highest BCUT2D eigenvalue weighted by Gasteiger charge is 2.28. The zero-order valence-electron chi connectivity index (χ0n) is 14.7. The lowest BCUT2D eigenvalue weighted by Crippen LogP contribution is -2.44. The predicted octanol–water partition coefficient (Wildman–Crippen LogP) is 2.11. The summed E-state index contributed by atoms with van der Waals surface area (Å²) < 4.78 is 30.4. The van der Waals surface area contributed by atoms with Crippen LogP contribution in [0.3, 0.4) is 0 Å². The minimum atomic E-state index is -3.17. The summed E-state index contributed by atoms with van der Waals surface area (Å²) in [5, 5.41) is 2.89. The molecule has 2 rings (SSSR count). The van der Waals surface area contributed by atoms with E-state index in [4.69, 9.17) is 4.74 Å². The van der Waals surface area contributed by atoms with Crippen LogP contribution in [0, 0.1) is 0 Å². The monoisotopic (exact) mass is 386 g/mol. The fourth-order valence-corrected chi connectivity index (χ4v) is 4.96. The first-order chi connectivity index (χ1) is 11.9. The minimum Gasteiger partial charge on any atom is -0.497 e. The van der Waals surface area contributed by atoms with Crippen LogP contribution in [0.4, 0.5) is 0 Å². The first kappa shape index (κ1) is 20.1. The van der Waals surface area contributed by atoms with E-state index in [1.165, 1.54) is 18.0 Å². The first-order valence-electron chi connectivity index (χ1n) is 8.40. The van der Waals surface area contributed by atoms with Gasteiger partial charge in [0.2, 0.25) is 15.9 Å². The van der Waals surface area contributed by atoms with Gasteiger partial charge in [-0.25, -0.2) is 8.42 Å². The maximum atomic E-state index is 12.0. The van der Waals surface area contributed by atoms with Crippen molar-refractivity contribution in [1.29, 1.82) is 0 Å². The number of nitrogens with one attached hydrogen (secondary N) is 1. The van der Waals surface area contributed by atoms with Crippen molar-refractivity contribution >= 4 is 27.7 Å². The molecule has 0 saturated carbocycles. The number of sulfonamides is 1. The number of rotatable bonds is 8. The smallest absolute Gasteiger partial charge is 0.230 e. The summed E-state index contributed by atoms with van der Waals surface area (Å²) >= 11 is 1.45. The lowest BCUT2D eigenvalue weighted by molar-refractivity contribution is -0.118. The Bertz CT molecular complexity index is 679. The summed E-state index contributed by atoms with van der Waals surface area (Å²) in [4.78, 5) is 13.0. The molecule has 0 bridgehead atoms. The fourth-order valence-electron chi connectivity index (χ4n) is 2.97. The molecule has 1 aromatic carbocycles. The van der Waals surface area contributed by atoms with E-state index in [2.05, 4.69) is 5.32 Å². The third-order valence-electron chi connectivity index (χ3n) is 4.21. The summed E-state index contributed by atoms with van der Waals surface area (Å²) in [7, 11) is -1.56. The number of thioether (sulfide) groups is 1. The van der Waals surface area contributed by atoms with Gasteiger partial charge in [-0.05, 0) is 37.5 Å². The van der Waals surface area contributed by atoms with E-state index in [9.17, 15) is 13.2 Å². The maximum absolute atomic E-state index is 12.0. The van der Waals surface area contributed by atoms with E-state index in [1.54, 1.807) is 11.4 Å². The molecule has 1 aromatic rings. The second-order valence-corrected chi connectivity index (χ2v) is 9.11. The highest BCUT2D eigenvalue weighted by Crippen LogP contribution is 2.23. The summed E-state index contributed by atoms with van der Waals surface area (Å²) in [5.41, 5.74) is 0. The Kier molecular flexibility index (Phi) is 7.58. The van der Waals surface area contributed by atoms with Gasteiger partial charge in [0.25, 0.3) is 0 Å². The Morgan fingerprint density at radius 2 is 2.20 bits per heavy atom. The molecule has 1 fully saturated rings. The minimum absolute atomic E-state index is 0.00455. The van der Waals surface area contributed by atoms with Gasteiger partial charge in [-0.2, -0.15) is 4.31 Å². The molecule has 1 amide bonds. The van der Waals surface area contributed by atoms with Gasteiger partial charge in [0, 0.05) is 24.0 Å². The molecule has 1 aliphatic heterocycles. The van der Waals surface area contributed by atoms with Crippen molar-refractivity contribution in [2.24, 2.45) is 0 Å². The van der Waals surface area contributed by atoms with Crippen LogP contribution in [0.5, 0.6) is 5.75 Å². The number of hydrogen-bond acceptors (Lipinski definition) is 5. The molecular weight excluding hydrogens is 360 g/mol. The van der Waals surface area contributed by atoms with Gasteiger partial charge in [-0.3, -0.25) is 4.79 Å². The SMILES string of the molecule is COc1cccc(SCC(=O)NCCC2CCCCN2S(C)(=O)=O)c1. The van der Waals surface area contributed by atoms with E-state index in [0.29, 0.717) is 25.3 Å². The van der Waals surface area contributed by atoms with Crippen molar-refractivity contribution in [2.75, 3.05) is 32.2 Å². The zero-order chi connectivity index (χ0) is 18.3. The van der Waals surface area contributed by atoms with Crippen LogP contribution in [0.25, 0.3) is 0 Å². The normalized spacial score (nSPS) is 18.7. The molecule has 0 spiro atoms. The van der Waals surface area contributed by atoms with E-state index >= 15 is 0 Å². The number of ether oxygens (including phenoxy) is 1.